The predicted octanol–water partition coefficient (Wildman–Crippen LogP) is 1.52. The van der Waals surface area contributed by atoms with Crippen LogP contribution in [0.2, 0.25) is 0 Å². The Morgan fingerprint density at radius 2 is 2.00 bits per heavy atom. The van der Waals surface area contributed by atoms with Crippen molar-refractivity contribution < 1.29 is 14.7 Å². The van der Waals surface area contributed by atoms with E-state index in [0.29, 0.717) is 22.3 Å². The van der Waals surface area contributed by atoms with Gasteiger partial charge in [0.1, 0.15) is 6.04 Å². The van der Waals surface area contributed by atoms with Gasteiger partial charge in [-0.25, -0.2) is 9.67 Å². The normalized spacial score (nSPS) is 12.6. The third kappa shape index (κ3) is 2.86. The zero-order valence-electron chi connectivity index (χ0n) is 12.4. The molecule has 1 amide bonds. The first-order valence-electron chi connectivity index (χ1n) is 6.69. The number of pyridine rings is 1. The Balaban J connectivity index is 2.49. The smallest absolute Gasteiger partial charge is 0.325 e. The second-order valence-corrected chi connectivity index (χ2v) is 5.26. The van der Waals surface area contributed by atoms with Crippen LogP contribution in [-0.2, 0) is 4.79 Å². The molecule has 112 valence electrons. The highest BCUT2D eigenvalue weighted by Gasteiger charge is 2.20. The molecule has 0 fully saturated rings. The van der Waals surface area contributed by atoms with Crippen LogP contribution in [0.4, 0.5) is 0 Å². The molecule has 0 radical (unpaired) electrons. The average molecular weight is 290 g/mol. The molecule has 2 N–H and O–H groups in total. The summed E-state index contributed by atoms with van der Waals surface area (Å²) in [6, 6.07) is 0.797. The van der Waals surface area contributed by atoms with Gasteiger partial charge in [0.05, 0.1) is 17.1 Å². The highest BCUT2D eigenvalue weighted by atomic mass is 16.4. The fourth-order valence-electron chi connectivity index (χ4n) is 2.05. The maximum atomic E-state index is 12.3. The van der Waals surface area contributed by atoms with Crippen LogP contribution in [-0.4, -0.2) is 37.8 Å². The van der Waals surface area contributed by atoms with E-state index in [1.54, 1.807) is 23.9 Å². The second kappa shape index (κ2) is 5.51. The van der Waals surface area contributed by atoms with Gasteiger partial charge < -0.3 is 10.4 Å². The van der Waals surface area contributed by atoms with Crippen molar-refractivity contribution in [1.29, 1.82) is 0 Å². The van der Waals surface area contributed by atoms with Crippen molar-refractivity contribution >= 4 is 22.9 Å². The molecule has 2 rings (SSSR count). The lowest BCUT2D eigenvalue weighted by Gasteiger charge is -2.11. The molecule has 0 saturated carbocycles. The van der Waals surface area contributed by atoms with E-state index in [0.717, 1.165) is 0 Å². The molecule has 21 heavy (non-hydrogen) atoms. The van der Waals surface area contributed by atoms with Gasteiger partial charge in [0.25, 0.3) is 5.91 Å². The van der Waals surface area contributed by atoms with E-state index in [4.69, 9.17) is 5.11 Å². The first kappa shape index (κ1) is 15.0. The average Bonchev–Trinajstić information content (AvgIpc) is 2.80. The number of hydrogen-bond donors (Lipinski definition) is 2. The van der Waals surface area contributed by atoms with Gasteiger partial charge in [-0.2, -0.15) is 5.10 Å². The van der Waals surface area contributed by atoms with Gasteiger partial charge in [-0.05, 0) is 33.8 Å². The number of carboxylic acid groups (broad SMARTS) is 1. The van der Waals surface area contributed by atoms with Crippen LogP contribution >= 0.6 is 0 Å². The number of rotatable bonds is 4. The quantitative estimate of drug-likeness (QED) is 0.889. The monoisotopic (exact) mass is 290 g/mol. The van der Waals surface area contributed by atoms with Crippen molar-refractivity contribution in [3.8, 4) is 0 Å². The van der Waals surface area contributed by atoms with E-state index in [2.05, 4.69) is 15.4 Å². The number of carboxylic acids is 1. The highest BCUT2D eigenvalue weighted by molar-refractivity contribution is 6.06. The van der Waals surface area contributed by atoms with Gasteiger partial charge in [0, 0.05) is 11.7 Å². The van der Waals surface area contributed by atoms with Crippen molar-refractivity contribution in [3.63, 3.8) is 0 Å². The number of nitrogens with zero attached hydrogens (tertiary/aromatic N) is 3. The molecule has 0 spiro atoms. The number of carbonyl (C=O) groups excluding carboxylic acids is 1. The van der Waals surface area contributed by atoms with Gasteiger partial charge >= 0.3 is 5.97 Å². The number of amides is 1. The first-order valence-corrected chi connectivity index (χ1v) is 6.69. The van der Waals surface area contributed by atoms with Crippen molar-refractivity contribution in [1.82, 2.24) is 20.1 Å². The van der Waals surface area contributed by atoms with Gasteiger partial charge in [-0.15, -0.1) is 0 Å². The topological polar surface area (TPSA) is 97.1 Å². The summed E-state index contributed by atoms with van der Waals surface area (Å²) in [7, 11) is 0. The minimum atomic E-state index is -1.08. The number of aryl methyl sites for hydroxylation is 1. The fraction of sp³-hybridized carbons (Fsp3) is 0.429. The summed E-state index contributed by atoms with van der Waals surface area (Å²) in [6.07, 6.45) is 1.59. The summed E-state index contributed by atoms with van der Waals surface area (Å²) in [5, 5.41) is 16.2. The molecule has 7 nitrogen and oxygen atoms in total. The highest BCUT2D eigenvalue weighted by Crippen LogP contribution is 2.21. The van der Waals surface area contributed by atoms with E-state index >= 15 is 0 Å². The summed E-state index contributed by atoms with van der Waals surface area (Å²) in [4.78, 5) is 27.5. The molecule has 1 unspecified atom stereocenters. The predicted molar refractivity (Wildman–Crippen MR) is 77.2 cm³/mol. The number of fused-ring (bicyclic) bond motifs is 1. The van der Waals surface area contributed by atoms with Crippen LogP contribution in [0, 0.1) is 6.92 Å². The number of aliphatic carboxylic acids is 1. The molecule has 0 aliphatic rings. The summed E-state index contributed by atoms with van der Waals surface area (Å²) in [5.41, 5.74) is 1.69. The van der Waals surface area contributed by atoms with Gasteiger partial charge in [0.15, 0.2) is 5.65 Å². The van der Waals surface area contributed by atoms with Crippen LogP contribution in [0.5, 0.6) is 0 Å². The largest absolute Gasteiger partial charge is 0.480 e. The molecule has 2 aromatic rings. The third-order valence-electron chi connectivity index (χ3n) is 3.15. The van der Waals surface area contributed by atoms with E-state index in [1.165, 1.54) is 6.92 Å². The van der Waals surface area contributed by atoms with E-state index in [1.807, 2.05) is 13.8 Å². The Morgan fingerprint density at radius 1 is 1.33 bits per heavy atom. The minimum absolute atomic E-state index is 0.116. The standard InChI is InChI=1S/C14H18N4O3/c1-7(2)18-12-11(6-15-18)10(5-8(3)16-12)13(19)17-9(4)14(20)21/h5-7,9H,1-4H3,(H,17,19)(H,20,21). The molecule has 0 bridgehead atoms. The van der Waals surface area contributed by atoms with Crippen LogP contribution in [0.25, 0.3) is 11.0 Å². The van der Waals surface area contributed by atoms with Crippen molar-refractivity contribution in [2.24, 2.45) is 0 Å². The van der Waals surface area contributed by atoms with E-state index in [-0.39, 0.29) is 6.04 Å². The van der Waals surface area contributed by atoms with Gasteiger partial charge in [0.2, 0.25) is 0 Å². The van der Waals surface area contributed by atoms with Crippen LogP contribution in [0.3, 0.4) is 0 Å². The Kier molecular flexibility index (Phi) is 3.93. The first-order chi connectivity index (χ1) is 9.81. The van der Waals surface area contributed by atoms with E-state index < -0.39 is 17.9 Å². The number of nitrogens with one attached hydrogen (secondary N) is 1. The molecule has 0 aromatic carbocycles. The molecule has 0 saturated heterocycles. The summed E-state index contributed by atoms with van der Waals surface area (Å²) < 4.78 is 1.74. The van der Waals surface area contributed by atoms with Crippen LogP contribution in [0.1, 0.15) is 42.9 Å². The van der Waals surface area contributed by atoms with Crippen molar-refractivity contribution in [2.75, 3.05) is 0 Å². The fourth-order valence-corrected chi connectivity index (χ4v) is 2.05. The second-order valence-electron chi connectivity index (χ2n) is 5.26. The third-order valence-corrected chi connectivity index (χ3v) is 3.15. The summed E-state index contributed by atoms with van der Waals surface area (Å²) in [6.45, 7) is 7.16. The number of aromatic nitrogens is 3. The van der Waals surface area contributed by atoms with E-state index in [9.17, 15) is 9.59 Å². The Labute approximate surface area is 122 Å². The number of hydrogen-bond acceptors (Lipinski definition) is 4. The lowest BCUT2D eigenvalue weighted by molar-refractivity contribution is -0.138. The Bertz CT molecular complexity index is 706. The lowest BCUT2D eigenvalue weighted by Crippen LogP contribution is -2.38. The van der Waals surface area contributed by atoms with Crippen molar-refractivity contribution in [2.45, 2.75) is 39.8 Å². The van der Waals surface area contributed by atoms with Gasteiger partial charge in [-0.1, -0.05) is 0 Å². The molecule has 2 aromatic heterocycles. The molecular formula is C14H18N4O3. The molecule has 0 aliphatic heterocycles. The molecular weight excluding hydrogens is 272 g/mol. The lowest BCUT2D eigenvalue weighted by atomic mass is 10.1. The Hall–Kier alpha value is -2.44. The van der Waals surface area contributed by atoms with Crippen LogP contribution in [0.15, 0.2) is 12.3 Å². The zero-order chi connectivity index (χ0) is 15.7. The summed E-state index contributed by atoms with van der Waals surface area (Å²) >= 11 is 0. The molecule has 2 heterocycles. The Morgan fingerprint density at radius 3 is 2.57 bits per heavy atom. The molecule has 7 heteroatoms. The summed E-state index contributed by atoms with van der Waals surface area (Å²) in [5.74, 6) is -1.52. The molecule has 1 atom stereocenters. The van der Waals surface area contributed by atoms with Crippen molar-refractivity contribution in [3.05, 3.63) is 23.5 Å². The minimum Gasteiger partial charge on any atom is -0.480 e. The number of carbonyl (C=O) groups is 2. The zero-order valence-corrected chi connectivity index (χ0v) is 12.4. The maximum absolute atomic E-state index is 12.3. The van der Waals surface area contributed by atoms with Crippen LogP contribution < -0.4 is 5.32 Å². The van der Waals surface area contributed by atoms with Gasteiger partial charge in [-0.3, -0.25) is 9.59 Å². The maximum Gasteiger partial charge on any atom is 0.325 e. The molecule has 0 aliphatic carbocycles. The SMILES string of the molecule is Cc1cc(C(=O)NC(C)C(=O)O)c2cnn(C(C)C)c2n1.